The minimum absolute atomic E-state index is 0.613. The molecule has 0 atom stereocenters. The Morgan fingerprint density at radius 1 is 1.04 bits per heavy atom. The first-order valence-corrected chi connectivity index (χ1v) is 9.21. The van der Waals surface area contributed by atoms with E-state index in [0.717, 1.165) is 42.8 Å². The van der Waals surface area contributed by atoms with Crippen LogP contribution in [0, 0.1) is 6.92 Å². The Bertz CT molecular complexity index is 880. The number of benzene rings is 2. The van der Waals surface area contributed by atoms with Gasteiger partial charge in [0.1, 0.15) is 0 Å². The predicted molar refractivity (Wildman–Crippen MR) is 104 cm³/mol. The quantitative estimate of drug-likeness (QED) is 0.759. The van der Waals surface area contributed by atoms with E-state index in [-0.39, 0.29) is 0 Å². The molecule has 130 valence electrons. The minimum atomic E-state index is -0.613. The maximum atomic E-state index is 11.0. The molecule has 1 saturated heterocycles. The topological polar surface area (TPSA) is 28.4 Å². The summed E-state index contributed by atoms with van der Waals surface area (Å²) in [5, 5.41) is 15.3. The van der Waals surface area contributed by atoms with Crippen LogP contribution in [0.5, 0.6) is 0 Å². The molecule has 0 unspecified atom stereocenters. The Labute approximate surface area is 153 Å². The van der Waals surface area contributed by atoms with E-state index in [0.29, 0.717) is 0 Å². The lowest BCUT2D eigenvalue weighted by atomic mass is 9.86. The monoisotopic (exact) mass is 354 g/mol. The van der Waals surface area contributed by atoms with Crippen LogP contribution in [0.2, 0.25) is 5.02 Å². The highest BCUT2D eigenvalue weighted by Gasteiger charge is 2.33. The van der Waals surface area contributed by atoms with E-state index in [2.05, 4.69) is 40.9 Å². The molecule has 0 saturated carbocycles. The zero-order chi connectivity index (χ0) is 17.4. The molecule has 3 nitrogen and oxygen atoms in total. The van der Waals surface area contributed by atoms with Gasteiger partial charge in [0.2, 0.25) is 0 Å². The molecule has 1 fully saturated rings. The Kier molecular flexibility index (Phi) is 4.22. The molecule has 1 aliphatic rings. The fourth-order valence-electron chi connectivity index (χ4n) is 3.95. The molecule has 0 bridgehead atoms. The Hall–Kier alpha value is -1.97. The number of rotatable bonds is 3. The van der Waals surface area contributed by atoms with Crippen molar-refractivity contribution in [2.24, 2.45) is 0 Å². The van der Waals surface area contributed by atoms with Crippen LogP contribution in [0.4, 0.5) is 0 Å². The Morgan fingerprint density at radius 3 is 2.48 bits per heavy atom. The molecule has 25 heavy (non-hydrogen) atoms. The number of hydrogen-bond acceptors (Lipinski definition) is 2. The standard InChI is InChI=1S/C21H23ClN2O/c1-16-13-18-14-19(22)7-8-20(18)24(16)23-11-9-21(25,10-12-23)15-17-5-3-2-4-6-17/h2-8,13-14,25H,9-12,15H2,1H3. The van der Waals surface area contributed by atoms with Crippen LogP contribution >= 0.6 is 11.6 Å². The van der Waals surface area contributed by atoms with E-state index in [9.17, 15) is 5.11 Å². The van der Waals surface area contributed by atoms with Gasteiger partial charge in [0.05, 0.1) is 11.1 Å². The predicted octanol–water partition coefficient (Wildman–Crippen LogP) is 4.31. The summed E-state index contributed by atoms with van der Waals surface area (Å²) in [6.45, 7) is 3.81. The van der Waals surface area contributed by atoms with Crippen molar-refractivity contribution >= 4 is 22.5 Å². The zero-order valence-electron chi connectivity index (χ0n) is 14.5. The molecule has 2 heterocycles. The molecule has 2 aromatic carbocycles. The van der Waals surface area contributed by atoms with Gasteiger partial charge in [-0.25, -0.2) is 0 Å². The molecule has 1 aromatic heterocycles. The van der Waals surface area contributed by atoms with Crippen molar-refractivity contribution in [2.75, 3.05) is 18.1 Å². The van der Waals surface area contributed by atoms with Crippen LogP contribution in [0.15, 0.2) is 54.6 Å². The van der Waals surface area contributed by atoms with Crippen LogP contribution in [0.3, 0.4) is 0 Å². The molecule has 4 rings (SSSR count). The molecular formula is C21H23ClN2O. The number of nitrogens with zero attached hydrogens (tertiary/aromatic N) is 2. The summed E-state index contributed by atoms with van der Waals surface area (Å²) >= 11 is 6.12. The summed E-state index contributed by atoms with van der Waals surface area (Å²) in [7, 11) is 0. The van der Waals surface area contributed by atoms with Crippen molar-refractivity contribution in [2.45, 2.75) is 31.8 Å². The van der Waals surface area contributed by atoms with Crippen LogP contribution in [-0.2, 0) is 6.42 Å². The number of hydrogen-bond donors (Lipinski definition) is 1. The molecule has 3 aromatic rings. The number of aliphatic hydroxyl groups is 1. The average Bonchev–Trinajstić information content (AvgIpc) is 2.91. The first kappa shape index (κ1) is 16.5. The van der Waals surface area contributed by atoms with Gasteiger partial charge >= 0.3 is 0 Å². The summed E-state index contributed by atoms with van der Waals surface area (Å²) in [6.07, 6.45) is 2.27. The molecule has 1 aliphatic heterocycles. The van der Waals surface area contributed by atoms with E-state index < -0.39 is 5.60 Å². The molecule has 0 aliphatic carbocycles. The lowest BCUT2D eigenvalue weighted by Gasteiger charge is -2.40. The van der Waals surface area contributed by atoms with Gasteiger partial charge in [-0.3, -0.25) is 4.68 Å². The van der Waals surface area contributed by atoms with Crippen molar-refractivity contribution in [3.63, 3.8) is 0 Å². The molecule has 0 spiro atoms. The van der Waals surface area contributed by atoms with Crippen molar-refractivity contribution in [1.82, 2.24) is 4.68 Å². The molecule has 0 amide bonds. The van der Waals surface area contributed by atoms with Gasteiger partial charge in [-0.05, 0) is 49.6 Å². The second-order valence-corrected chi connectivity index (χ2v) is 7.58. The number of fused-ring (bicyclic) bond motifs is 1. The summed E-state index contributed by atoms with van der Waals surface area (Å²) in [5.74, 6) is 0. The van der Waals surface area contributed by atoms with Crippen LogP contribution in [-0.4, -0.2) is 28.5 Å². The summed E-state index contributed by atoms with van der Waals surface area (Å²) in [6, 6.07) is 18.5. The SMILES string of the molecule is Cc1cc2cc(Cl)ccc2n1N1CCC(O)(Cc2ccccc2)CC1. The van der Waals surface area contributed by atoms with Gasteiger partial charge in [0.25, 0.3) is 0 Å². The van der Waals surface area contributed by atoms with Crippen molar-refractivity contribution < 1.29 is 5.11 Å². The van der Waals surface area contributed by atoms with Gasteiger partial charge in [-0.2, -0.15) is 0 Å². The normalized spacial score (nSPS) is 17.2. The van der Waals surface area contributed by atoms with Crippen LogP contribution in [0.1, 0.15) is 24.1 Å². The maximum Gasteiger partial charge on any atom is 0.0722 e. The zero-order valence-corrected chi connectivity index (χ0v) is 15.2. The Morgan fingerprint density at radius 2 is 1.76 bits per heavy atom. The molecule has 4 heteroatoms. The third kappa shape index (κ3) is 3.26. The highest BCUT2D eigenvalue weighted by atomic mass is 35.5. The fourth-order valence-corrected chi connectivity index (χ4v) is 4.13. The van der Waals surface area contributed by atoms with Gasteiger partial charge in [0.15, 0.2) is 0 Å². The highest BCUT2D eigenvalue weighted by molar-refractivity contribution is 6.31. The largest absolute Gasteiger partial charge is 0.389 e. The third-order valence-corrected chi connectivity index (χ3v) is 5.48. The number of aryl methyl sites for hydroxylation is 1. The number of aromatic nitrogens is 1. The molecule has 1 N–H and O–H groups in total. The van der Waals surface area contributed by atoms with E-state index in [1.165, 1.54) is 16.8 Å². The molecular weight excluding hydrogens is 332 g/mol. The lowest BCUT2D eigenvalue weighted by molar-refractivity contribution is 0.0124. The van der Waals surface area contributed by atoms with Crippen LogP contribution in [0.25, 0.3) is 10.9 Å². The van der Waals surface area contributed by atoms with E-state index in [4.69, 9.17) is 11.6 Å². The number of halogens is 1. The van der Waals surface area contributed by atoms with Gasteiger partial charge in [-0.1, -0.05) is 41.9 Å². The van der Waals surface area contributed by atoms with E-state index in [1.54, 1.807) is 0 Å². The van der Waals surface area contributed by atoms with Gasteiger partial charge in [-0.15, -0.1) is 0 Å². The van der Waals surface area contributed by atoms with Crippen molar-refractivity contribution in [3.8, 4) is 0 Å². The number of piperidine rings is 1. The second-order valence-electron chi connectivity index (χ2n) is 7.14. The maximum absolute atomic E-state index is 11.0. The fraction of sp³-hybridized carbons (Fsp3) is 0.333. The van der Waals surface area contributed by atoms with Crippen LogP contribution < -0.4 is 5.01 Å². The first-order valence-electron chi connectivity index (χ1n) is 8.83. The minimum Gasteiger partial charge on any atom is -0.389 e. The van der Waals surface area contributed by atoms with Gasteiger partial charge < -0.3 is 10.1 Å². The van der Waals surface area contributed by atoms with E-state index >= 15 is 0 Å². The smallest absolute Gasteiger partial charge is 0.0722 e. The Balaban J connectivity index is 1.53. The second kappa shape index (κ2) is 6.40. The summed E-state index contributed by atoms with van der Waals surface area (Å²) in [4.78, 5) is 0. The van der Waals surface area contributed by atoms with Crippen molar-refractivity contribution in [3.05, 3.63) is 70.9 Å². The first-order chi connectivity index (χ1) is 12.0. The van der Waals surface area contributed by atoms with Gasteiger partial charge in [0, 0.05) is 35.6 Å². The average molecular weight is 355 g/mol. The summed E-state index contributed by atoms with van der Waals surface area (Å²) in [5.41, 5.74) is 2.97. The molecule has 0 radical (unpaired) electrons. The third-order valence-electron chi connectivity index (χ3n) is 5.25. The van der Waals surface area contributed by atoms with Crippen molar-refractivity contribution in [1.29, 1.82) is 0 Å². The lowest BCUT2D eigenvalue weighted by Crippen LogP contribution is -2.50. The highest BCUT2D eigenvalue weighted by Crippen LogP contribution is 2.29. The van der Waals surface area contributed by atoms with E-state index in [1.807, 2.05) is 30.3 Å². The summed E-state index contributed by atoms with van der Waals surface area (Å²) < 4.78 is 2.27.